The van der Waals surface area contributed by atoms with Crippen molar-refractivity contribution in [2.75, 3.05) is 6.61 Å². The maximum absolute atomic E-state index is 11.7. The number of carbonyl (C=O) groups is 1. The van der Waals surface area contributed by atoms with Crippen molar-refractivity contribution in [3.05, 3.63) is 29.8 Å². The molecule has 94 valence electrons. The fourth-order valence-electron chi connectivity index (χ4n) is 1.32. The second-order valence-electron chi connectivity index (χ2n) is 5.01. The smallest absolute Gasteiger partial charge is 0.225 e. The van der Waals surface area contributed by atoms with E-state index in [1.807, 2.05) is 52.0 Å². The summed E-state index contributed by atoms with van der Waals surface area (Å²) < 4.78 is 5.35. The van der Waals surface area contributed by atoms with Gasteiger partial charge in [0, 0.05) is 12.0 Å². The van der Waals surface area contributed by atoms with E-state index in [-0.39, 0.29) is 11.3 Å². The number of carbonyl (C=O) groups excluding carboxylic acids is 1. The Bertz CT molecular complexity index is 363. The maximum Gasteiger partial charge on any atom is 0.225 e. The molecule has 3 nitrogen and oxygen atoms in total. The Labute approximate surface area is 103 Å². The van der Waals surface area contributed by atoms with Gasteiger partial charge in [-0.25, -0.2) is 0 Å². The summed E-state index contributed by atoms with van der Waals surface area (Å²) >= 11 is 0. The number of nitrogens with one attached hydrogen (secondary N) is 1. The highest BCUT2D eigenvalue weighted by Crippen LogP contribution is 2.14. The Morgan fingerprint density at radius 3 is 2.29 bits per heavy atom. The van der Waals surface area contributed by atoms with Crippen molar-refractivity contribution in [1.29, 1.82) is 0 Å². The minimum absolute atomic E-state index is 0.0615. The van der Waals surface area contributed by atoms with Crippen LogP contribution in [0.25, 0.3) is 0 Å². The molecule has 0 atom stereocenters. The van der Waals surface area contributed by atoms with E-state index in [0.29, 0.717) is 13.2 Å². The predicted octanol–water partition coefficient (Wildman–Crippen LogP) is 2.75. The van der Waals surface area contributed by atoms with E-state index in [0.717, 1.165) is 11.3 Å². The summed E-state index contributed by atoms with van der Waals surface area (Å²) in [6.07, 6.45) is 0. The molecule has 0 fully saturated rings. The van der Waals surface area contributed by atoms with E-state index in [9.17, 15) is 4.79 Å². The Morgan fingerprint density at radius 2 is 1.82 bits per heavy atom. The molecule has 3 heteroatoms. The lowest BCUT2D eigenvalue weighted by Crippen LogP contribution is -2.34. The lowest BCUT2D eigenvalue weighted by Gasteiger charge is -2.17. The summed E-state index contributed by atoms with van der Waals surface area (Å²) in [4.78, 5) is 11.7. The van der Waals surface area contributed by atoms with Gasteiger partial charge >= 0.3 is 0 Å². The fraction of sp³-hybridized carbons (Fsp3) is 0.500. The van der Waals surface area contributed by atoms with Gasteiger partial charge in [0.2, 0.25) is 5.91 Å². The van der Waals surface area contributed by atoms with Crippen LogP contribution in [-0.2, 0) is 11.3 Å². The first-order valence-corrected chi connectivity index (χ1v) is 5.93. The van der Waals surface area contributed by atoms with Crippen LogP contribution in [0.1, 0.15) is 33.3 Å². The van der Waals surface area contributed by atoms with Crippen LogP contribution in [0.4, 0.5) is 0 Å². The summed E-state index contributed by atoms with van der Waals surface area (Å²) in [5.41, 5.74) is 0.733. The van der Waals surface area contributed by atoms with Crippen LogP contribution < -0.4 is 10.1 Å². The topological polar surface area (TPSA) is 38.3 Å². The Balaban J connectivity index is 2.50. The standard InChI is InChI=1S/C14H21NO2/c1-5-17-12-8-6-11(7-9-12)10-15-13(16)14(2,3)4/h6-9H,5,10H2,1-4H3,(H,15,16). The molecule has 1 aromatic carbocycles. The van der Waals surface area contributed by atoms with Crippen molar-refractivity contribution in [2.24, 2.45) is 5.41 Å². The van der Waals surface area contributed by atoms with Gasteiger partial charge in [0.15, 0.2) is 0 Å². The molecule has 0 heterocycles. The molecule has 0 aliphatic carbocycles. The second kappa shape index (κ2) is 5.71. The lowest BCUT2D eigenvalue weighted by atomic mass is 9.95. The lowest BCUT2D eigenvalue weighted by molar-refractivity contribution is -0.128. The zero-order valence-electron chi connectivity index (χ0n) is 11.0. The molecule has 0 saturated heterocycles. The zero-order valence-corrected chi connectivity index (χ0v) is 11.0. The van der Waals surface area contributed by atoms with Gasteiger partial charge in [0.1, 0.15) is 5.75 Å². The van der Waals surface area contributed by atoms with Crippen molar-refractivity contribution in [1.82, 2.24) is 5.32 Å². The molecule has 0 saturated carbocycles. The quantitative estimate of drug-likeness (QED) is 0.871. The van der Waals surface area contributed by atoms with Gasteiger partial charge in [-0.1, -0.05) is 32.9 Å². The zero-order chi connectivity index (χ0) is 12.9. The third kappa shape index (κ3) is 4.47. The normalized spacial score (nSPS) is 11.1. The summed E-state index contributed by atoms with van der Waals surface area (Å²) in [7, 11) is 0. The van der Waals surface area contributed by atoms with Gasteiger partial charge in [-0.2, -0.15) is 0 Å². The summed E-state index contributed by atoms with van der Waals surface area (Å²) in [6, 6.07) is 7.77. The van der Waals surface area contributed by atoms with Gasteiger partial charge in [0.25, 0.3) is 0 Å². The van der Waals surface area contributed by atoms with Crippen molar-refractivity contribution in [2.45, 2.75) is 34.2 Å². The van der Waals surface area contributed by atoms with Gasteiger partial charge in [-0.15, -0.1) is 0 Å². The van der Waals surface area contributed by atoms with E-state index in [1.165, 1.54) is 0 Å². The van der Waals surface area contributed by atoms with E-state index >= 15 is 0 Å². The number of hydrogen-bond donors (Lipinski definition) is 1. The number of benzene rings is 1. The van der Waals surface area contributed by atoms with Crippen molar-refractivity contribution >= 4 is 5.91 Å². The third-order valence-corrected chi connectivity index (χ3v) is 2.37. The van der Waals surface area contributed by atoms with Crippen molar-refractivity contribution in [3.8, 4) is 5.75 Å². The molecule has 1 N–H and O–H groups in total. The second-order valence-corrected chi connectivity index (χ2v) is 5.01. The largest absolute Gasteiger partial charge is 0.494 e. The van der Waals surface area contributed by atoms with Crippen LogP contribution in [0.3, 0.4) is 0 Å². The SMILES string of the molecule is CCOc1ccc(CNC(=O)C(C)(C)C)cc1. The molecule has 0 aromatic heterocycles. The molecule has 0 spiro atoms. The van der Waals surface area contributed by atoms with Gasteiger partial charge in [-0.05, 0) is 24.6 Å². The Kier molecular flexibility index (Phi) is 4.55. The molecular formula is C14H21NO2. The summed E-state index contributed by atoms with van der Waals surface area (Å²) in [6.45, 7) is 8.89. The number of ether oxygens (including phenoxy) is 1. The van der Waals surface area contributed by atoms with Crippen LogP contribution in [0.5, 0.6) is 5.75 Å². The van der Waals surface area contributed by atoms with E-state index in [1.54, 1.807) is 0 Å². The summed E-state index contributed by atoms with van der Waals surface area (Å²) in [5.74, 6) is 0.921. The Morgan fingerprint density at radius 1 is 1.24 bits per heavy atom. The molecule has 0 unspecified atom stereocenters. The van der Waals surface area contributed by atoms with E-state index in [4.69, 9.17) is 4.74 Å². The minimum Gasteiger partial charge on any atom is -0.494 e. The molecule has 0 radical (unpaired) electrons. The summed E-state index contributed by atoms with van der Waals surface area (Å²) in [5, 5.41) is 2.91. The minimum atomic E-state index is -0.342. The molecule has 1 amide bonds. The highest BCUT2D eigenvalue weighted by atomic mass is 16.5. The number of amides is 1. The molecular weight excluding hydrogens is 214 g/mol. The molecule has 0 bridgehead atoms. The average Bonchev–Trinajstić information content (AvgIpc) is 2.27. The Hall–Kier alpha value is -1.51. The van der Waals surface area contributed by atoms with E-state index in [2.05, 4.69) is 5.32 Å². The molecule has 1 aromatic rings. The van der Waals surface area contributed by atoms with E-state index < -0.39 is 0 Å². The van der Waals surface area contributed by atoms with Crippen LogP contribution in [0, 0.1) is 5.41 Å². The van der Waals surface area contributed by atoms with Crippen LogP contribution in [0.15, 0.2) is 24.3 Å². The monoisotopic (exact) mass is 235 g/mol. The number of hydrogen-bond acceptors (Lipinski definition) is 2. The highest BCUT2D eigenvalue weighted by Gasteiger charge is 2.20. The first-order chi connectivity index (χ1) is 7.93. The maximum atomic E-state index is 11.7. The fourth-order valence-corrected chi connectivity index (χ4v) is 1.32. The van der Waals surface area contributed by atoms with Gasteiger partial charge in [0.05, 0.1) is 6.61 Å². The van der Waals surface area contributed by atoms with Gasteiger partial charge in [-0.3, -0.25) is 4.79 Å². The first-order valence-electron chi connectivity index (χ1n) is 5.93. The van der Waals surface area contributed by atoms with Crippen LogP contribution in [-0.4, -0.2) is 12.5 Å². The average molecular weight is 235 g/mol. The van der Waals surface area contributed by atoms with Crippen LogP contribution >= 0.6 is 0 Å². The van der Waals surface area contributed by atoms with Gasteiger partial charge < -0.3 is 10.1 Å². The molecule has 0 aliphatic heterocycles. The molecule has 0 aliphatic rings. The first kappa shape index (κ1) is 13.6. The highest BCUT2D eigenvalue weighted by molar-refractivity contribution is 5.81. The molecule has 17 heavy (non-hydrogen) atoms. The predicted molar refractivity (Wildman–Crippen MR) is 68.9 cm³/mol. The van der Waals surface area contributed by atoms with Crippen molar-refractivity contribution < 1.29 is 9.53 Å². The third-order valence-electron chi connectivity index (χ3n) is 2.37. The van der Waals surface area contributed by atoms with Crippen molar-refractivity contribution in [3.63, 3.8) is 0 Å². The molecule has 1 rings (SSSR count). The van der Waals surface area contributed by atoms with Crippen LogP contribution in [0.2, 0.25) is 0 Å². The number of rotatable bonds is 4.